The molecule has 25 heavy (non-hydrogen) atoms. The number of aromatic nitrogens is 1. The summed E-state index contributed by atoms with van der Waals surface area (Å²) < 4.78 is 18.7. The first-order chi connectivity index (χ1) is 11.7. The fourth-order valence-electron chi connectivity index (χ4n) is 2.00. The molecule has 2 aromatic rings. The lowest BCUT2D eigenvalue weighted by Gasteiger charge is -2.20. The molecule has 5 nitrogen and oxygen atoms in total. The van der Waals surface area contributed by atoms with E-state index in [1.807, 2.05) is 12.1 Å². The highest BCUT2D eigenvalue weighted by Crippen LogP contribution is 2.18. The average Bonchev–Trinajstić information content (AvgIpc) is 2.52. The van der Waals surface area contributed by atoms with Crippen LogP contribution in [-0.4, -0.2) is 22.3 Å². The summed E-state index contributed by atoms with van der Waals surface area (Å²) in [7, 11) is 0. The smallest absolute Gasteiger partial charge is 0.357 e. The highest BCUT2D eigenvalue weighted by atomic mass is 35.5. The maximum absolute atomic E-state index is 13.5. The van der Waals surface area contributed by atoms with Crippen molar-refractivity contribution in [1.82, 2.24) is 4.98 Å². The van der Waals surface area contributed by atoms with Gasteiger partial charge in [-0.15, -0.1) is 0 Å². The summed E-state index contributed by atoms with van der Waals surface area (Å²) in [4.78, 5) is 15.9. The summed E-state index contributed by atoms with van der Waals surface area (Å²) in [6.45, 7) is 5.46. The molecular weight excluding hydrogens is 345 g/mol. The molecule has 2 rings (SSSR count). The van der Waals surface area contributed by atoms with Crippen LogP contribution >= 0.6 is 11.6 Å². The summed E-state index contributed by atoms with van der Waals surface area (Å²) in [6.07, 6.45) is 0. The predicted octanol–water partition coefficient (Wildman–Crippen LogP) is 4.20. The van der Waals surface area contributed by atoms with Crippen LogP contribution in [0, 0.1) is 11.4 Å². The summed E-state index contributed by atoms with van der Waals surface area (Å²) >= 11 is 5.84. The van der Waals surface area contributed by atoms with Crippen LogP contribution < -0.4 is 5.32 Å². The van der Waals surface area contributed by atoms with Gasteiger partial charge in [-0.1, -0.05) is 23.7 Å². The monoisotopic (exact) mass is 363 g/mol. The topological polar surface area (TPSA) is 75.1 Å². The largest absolute Gasteiger partial charge is 0.455 e. The SMILES string of the molecule is CC(C)(C)OC(=O)C(=N)c1ccc(F)nc1NCc1ccc(Cl)cc1. The molecule has 0 spiro atoms. The molecule has 0 bridgehead atoms. The van der Waals surface area contributed by atoms with Gasteiger partial charge in [-0.05, 0) is 50.6 Å². The van der Waals surface area contributed by atoms with Crippen LogP contribution in [0.15, 0.2) is 36.4 Å². The molecule has 0 saturated heterocycles. The first kappa shape index (κ1) is 18.9. The number of nitrogens with zero attached hydrogens (tertiary/aromatic N) is 1. The number of rotatable bonds is 5. The molecule has 0 amide bonds. The molecule has 0 radical (unpaired) electrons. The van der Waals surface area contributed by atoms with Crippen molar-refractivity contribution in [1.29, 1.82) is 5.41 Å². The maximum Gasteiger partial charge on any atom is 0.357 e. The number of hydrogen-bond acceptors (Lipinski definition) is 5. The number of carbonyl (C=O) groups is 1. The first-order valence-corrected chi connectivity index (χ1v) is 8.00. The molecule has 7 heteroatoms. The summed E-state index contributed by atoms with van der Waals surface area (Å²) in [6, 6.07) is 9.53. The Morgan fingerprint density at radius 2 is 1.88 bits per heavy atom. The Morgan fingerprint density at radius 1 is 1.24 bits per heavy atom. The lowest BCUT2D eigenvalue weighted by atomic mass is 10.1. The molecule has 1 heterocycles. The molecule has 0 atom stereocenters. The average molecular weight is 364 g/mol. The molecular formula is C18H19ClFN3O2. The van der Waals surface area contributed by atoms with Crippen LogP contribution in [0.3, 0.4) is 0 Å². The number of anilines is 1. The highest BCUT2D eigenvalue weighted by molar-refractivity contribution is 6.43. The van der Waals surface area contributed by atoms with E-state index in [1.165, 1.54) is 6.07 Å². The minimum atomic E-state index is -0.796. The highest BCUT2D eigenvalue weighted by Gasteiger charge is 2.23. The number of nitrogens with one attached hydrogen (secondary N) is 2. The van der Waals surface area contributed by atoms with Crippen molar-refractivity contribution < 1.29 is 13.9 Å². The minimum absolute atomic E-state index is 0.103. The van der Waals surface area contributed by atoms with Gasteiger partial charge in [-0.3, -0.25) is 5.41 Å². The maximum atomic E-state index is 13.5. The van der Waals surface area contributed by atoms with E-state index < -0.39 is 17.5 Å². The molecule has 132 valence electrons. The number of carbonyl (C=O) groups excluding carboxylic acids is 1. The normalized spacial score (nSPS) is 11.1. The van der Waals surface area contributed by atoms with E-state index in [1.54, 1.807) is 32.9 Å². The Morgan fingerprint density at radius 3 is 2.48 bits per heavy atom. The van der Waals surface area contributed by atoms with E-state index in [-0.39, 0.29) is 17.1 Å². The van der Waals surface area contributed by atoms with E-state index >= 15 is 0 Å². The third-order valence-electron chi connectivity index (χ3n) is 3.11. The minimum Gasteiger partial charge on any atom is -0.455 e. The lowest BCUT2D eigenvalue weighted by molar-refractivity contribution is -0.146. The summed E-state index contributed by atoms with van der Waals surface area (Å²) in [5, 5.41) is 11.6. The second kappa shape index (κ2) is 7.61. The van der Waals surface area contributed by atoms with Crippen LogP contribution in [0.2, 0.25) is 5.02 Å². The molecule has 0 fully saturated rings. The van der Waals surface area contributed by atoms with Crippen molar-refractivity contribution in [2.75, 3.05) is 5.32 Å². The van der Waals surface area contributed by atoms with Crippen molar-refractivity contribution in [3.8, 4) is 0 Å². The van der Waals surface area contributed by atoms with Crippen LogP contribution in [0.5, 0.6) is 0 Å². The third-order valence-corrected chi connectivity index (χ3v) is 3.36. The zero-order chi connectivity index (χ0) is 18.6. The van der Waals surface area contributed by atoms with Gasteiger partial charge in [0.2, 0.25) is 5.95 Å². The van der Waals surface area contributed by atoms with Crippen LogP contribution in [0.25, 0.3) is 0 Å². The molecule has 0 aliphatic carbocycles. The molecule has 1 aromatic carbocycles. The number of hydrogen-bond donors (Lipinski definition) is 2. The Labute approximate surface area is 150 Å². The number of pyridine rings is 1. The Balaban J connectivity index is 2.20. The zero-order valence-corrected chi connectivity index (χ0v) is 14.9. The molecule has 0 unspecified atom stereocenters. The summed E-state index contributed by atoms with van der Waals surface area (Å²) in [5.74, 6) is -1.40. The quantitative estimate of drug-likeness (QED) is 0.474. The van der Waals surface area contributed by atoms with Gasteiger partial charge in [0.15, 0.2) is 5.71 Å². The number of benzene rings is 1. The van der Waals surface area contributed by atoms with Gasteiger partial charge in [-0.2, -0.15) is 4.39 Å². The van der Waals surface area contributed by atoms with Gasteiger partial charge in [0.1, 0.15) is 11.4 Å². The number of halogens is 2. The summed E-state index contributed by atoms with van der Waals surface area (Å²) in [5.41, 5.74) is -0.0517. The number of ether oxygens (including phenoxy) is 1. The Hall–Kier alpha value is -2.47. The van der Waals surface area contributed by atoms with Gasteiger partial charge in [0.05, 0.1) is 0 Å². The fraction of sp³-hybridized carbons (Fsp3) is 0.278. The van der Waals surface area contributed by atoms with Crippen molar-refractivity contribution in [3.63, 3.8) is 0 Å². The van der Waals surface area contributed by atoms with Crippen molar-refractivity contribution in [2.24, 2.45) is 0 Å². The van der Waals surface area contributed by atoms with Gasteiger partial charge in [-0.25, -0.2) is 9.78 Å². The van der Waals surface area contributed by atoms with Crippen molar-refractivity contribution in [3.05, 3.63) is 58.5 Å². The second-order valence-corrected chi connectivity index (χ2v) is 6.82. The number of esters is 1. The molecule has 0 aliphatic rings. The lowest BCUT2D eigenvalue weighted by Crippen LogP contribution is -2.29. The van der Waals surface area contributed by atoms with Crippen LogP contribution in [-0.2, 0) is 16.1 Å². The van der Waals surface area contributed by atoms with E-state index in [0.717, 1.165) is 11.6 Å². The fourth-order valence-corrected chi connectivity index (χ4v) is 2.12. The molecule has 1 aromatic heterocycles. The standard InChI is InChI=1S/C18H19ClFN3O2/c1-18(2,3)25-17(24)15(21)13-8-9-14(20)23-16(13)22-10-11-4-6-12(19)7-5-11/h4-9,21H,10H2,1-3H3,(H,22,23). The molecule has 2 N–H and O–H groups in total. The molecule has 0 aliphatic heterocycles. The predicted molar refractivity (Wildman–Crippen MR) is 95.6 cm³/mol. The van der Waals surface area contributed by atoms with Crippen molar-refractivity contribution in [2.45, 2.75) is 32.9 Å². The van der Waals surface area contributed by atoms with Crippen LogP contribution in [0.4, 0.5) is 10.2 Å². The van der Waals surface area contributed by atoms with Gasteiger partial charge in [0, 0.05) is 17.1 Å². The van der Waals surface area contributed by atoms with Crippen molar-refractivity contribution >= 4 is 29.1 Å². The van der Waals surface area contributed by atoms with Gasteiger partial charge >= 0.3 is 5.97 Å². The van der Waals surface area contributed by atoms with E-state index in [4.69, 9.17) is 21.7 Å². The molecule has 0 saturated carbocycles. The third kappa shape index (κ3) is 5.53. The second-order valence-electron chi connectivity index (χ2n) is 6.39. The first-order valence-electron chi connectivity index (χ1n) is 7.63. The van der Waals surface area contributed by atoms with E-state index in [0.29, 0.717) is 11.6 Å². The zero-order valence-electron chi connectivity index (χ0n) is 14.2. The Kier molecular flexibility index (Phi) is 5.74. The van der Waals surface area contributed by atoms with E-state index in [2.05, 4.69) is 10.3 Å². The Bertz CT molecular complexity index is 786. The van der Waals surface area contributed by atoms with Gasteiger partial charge in [0.25, 0.3) is 0 Å². The van der Waals surface area contributed by atoms with E-state index in [9.17, 15) is 9.18 Å². The van der Waals surface area contributed by atoms with Gasteiger partial charge < -0.3 is 10.1 Å². The van der Waals surface area contributed by atoms with Crippen LogP contribution in [0.1, 0.15) is 31.9 Å².